The number of nitrogens with zero attached hydrogens (tertiary/aromatic N) is 1. The average Bonchev–Trinajstić information content (AvgIpc) is 3.06. The molecule has 25 heavy (non-hydrogen) atoms. The molecule has 0 saturated heterocycles. The number of halogens is 1. The van der Waals surface area contributed by atoms with Gasteiger partial charge in [0.25, 0.3) is 0 Å². The van der Waals surface area contributed by atoms with Gasteiger partial charge in [0.05, 0.1) is 18.7 Å². The fraction of sp³-hybridized carbons (Fsp3) is 0.158. The van der Waals surface area contributed by atoms with Crippen molar-refractivity contribution in [1.29, 1.82) is 0 Å². The SMILES string of the molecule is CCOc1ccc(-c2csc(NC(=O)Cc3ccc(F)cc3)n2)cc1. The molecule has 1 heterocycles. The van der Waals surface area contributed by atoms with Gasteiger partial charge >= 0.3 is 0 Å². The first-order chi connectivity index (χ1) is 12.1. The highest BCUT2D eigenvalue weighted by Gasteiger charge is 2.09. The van der Waals surface area contributed by atoms with Gasteiger partial charge in [-0.05, 0) is 48.9 Å². The summed E-state index contributed by atoms with van der Waals surface area (Å²) in [6.45, 7) is 2.57. The summed E-state index contributed by atoms with van der Waals surface area (Å²) in [4.78, 5) is 16.5. The molecule has 0 bridgehead atoms. The molecular weight excluding hydrogens is 339 g/mol. The lowest BCUT2D eigenvalue weighted by Gasteiger charge is -2.03. The highest BCUT2D eigenvalue weighted by Crippen LogP contribution is 2.26. The standard InChI is InChI=1S/C19H17FN2O2S/c1-2-24-16-9-5-14(6-10-16)17-12-25-19(21-17)22-18(23)11-13-3-7-15(20)8-4-13/h3-10,12H,2,11H2,1H3,(H,21,22,23). The van der Waals surface area contributed by atoms with Crippen molar-refractivity contribution < 1.29 is 13.9 Å². The normalized spacial score (nSPS) is 10.5. The quantitative estimate of drug-likeness (QED) is 0.706. The molecule has 4 nitrogen and oxygen atoms in total. The summed E-state index contributed by atoms with van der Waals surface area (Å²) in [6.07, 6.45) is 0.179. The van der Waals surface area contributed by atoms with Gasteiger partial charge in [0.2, 0.25) is 5.91 Å². The van der Waals surface area contributed by atoms with E-state index in [2.05, 4.69) is 10.3 Å². The fourth-order valence-electron chi connectivity index (χ4n) is 2.30. The van der Waals surface area contributed by atoms with E-state index in [0.29, 0.717) is 11.7 Å². The minimum atomic E-state index is -0.316. The van der Waals surface area contributed by atoms with Crippen LogP contribution < -0.4 is 10.1 Å². The minimum Gasteiger partial charge on any atom is -0.494 e. The molecule has 3 rings (SSSR count). The molecule has 0 unspecified atom stereocenters. The number of hydrogen-bond acceptors (Lipinski definition) is 4. The zero-order valence-electron chi connectivity index (χ0n) is 13.7. The average molecular weight is 356 g/mol. The monoisotopic (exact) mass is 356 g/mol. The lowest BCUT2D eigenvalue weighted by molar-refractivity contribution is -0.115. The van der Waals surface area contributed by atoms with Crippen molar-refractivity contribution in [3.8, 4) is 17.0 Å². The zero-order chi connectivity index (χ0) is 17.6. The Morgan fingerprint density at radius 3 is 2.56 bits per heavy atom. The summed E-state index contributed by atoms with van der Waals surface area (Å²) in [5, 5.41) is 5.21. The maximum absolute atomic E-state index is 12.9. The van der Waals surface area contributed by atoms with E-state index in [-0.39, 0.29) is 18.1 Å². The number of thiazole rings is 1. The first-order valence-corrected chi connectivity index (χ1v) is 8.75. The topological polar surface area (TPSA) is 51.2 Å². The van der Waals surface area contributed by atoms with Gasteiger partial charge in [-0.2, -0.15) is 0 Å². The number of carbonyl (C=O) groups is 1. The zero-order valence-corrected chi connectivity index (χ0v) is 14.5. The Labute approximate surface area is 149 Å². The first-order valence-electron chi connectivity index (χ1n) is 7.87. The highest BCUT2D eigenvalue weighted by molar-refractivity contribution is 7.14. The molecule has 1 N–H and O–H groups in total. The number of hydrogen-bond donors (Lipinski definition) is 1. The molecule has 0 saturated carbocycles. The first kappa shape index (κ1) is 17.1. The Hall–Kier alpha value is -2.73. The number of aromatic nitrogens is 1. The van der Waals surface area contributed by atoms with E-state index < -0.39 is 0 Å². The molecule has 128 valence electrons. The molecule has 0 aliphatic rings. The summed E-state index contributed by atoms with van der Waals surface area (Å²) in [7, 11) is 0. The van der Waals surface area contributed by atoms with Crippen LogP contribution >= 0.6 is 11.3 Å². The third-order valence-electron chi connectivity index (χ3n) is 3.49. The van der Waals surface area contributed by atoms with Crippen molar-refractivity contribution in [1.82, 2.24) is 4.98 Å². The summed E-state index contributed by atoms with van der Waals surface area (Å²) >= 11 is 1.37. The molecule has 2 aromatic carbocycles. The number of rotatable bonds is 6. The molecule has 1 amide bonds. The second kappa shape index (κ2) is 7.90. The van der Waals surface area contributed by atoms with E-state index in [9.17, 15) is 9.18 Å². The predicted octanol–water partition coefficient (Wildman–Crippen LogP) is 4.53. The van der Waals surface area contributed by atoms with E-state index in [4.69, 9.17) is 4.74 Å². The number of amides is 1. The Kier molecular flexibility index (Phi) is 5.40. The van der Waals surface area contributed by atoms with E-state index in [0.717, 1.165) is 22.6 Å². The van der Waals surface area contributed by atoms with E-state index in [1.54, 1.807) is 12.1 Å². The van der Waals surface area contributed by atoms with Gasteiger partial charge in [-0.25, -0.2) is 9.37 Å². The van der Waals surface area contributed by atoms with Crippen molar-refractivity contribution in [2.75, 3.05) is 11.9 Å². The van der Waals surface area contributed by atoms with Crippen molar-refractivity contribution in [3.63, 3.8) is 0 Å². The third-order valence-corrected chi connectivity index (χ3v) is 4.25. The second-order valence-corrected chi connectivity index (χ2v) is 6.20. The van der Waals surface area contributed by atoms with Crippen LogP contribution in [0.3, 0.4) is 0 Å². The summed E-state index contributed by atoms with van der Waals surface area (Å²) in [5.41, 5.74) is 2.51. The van der Waals surface area contributed by atoms with Gasteiger partial charge in [0.1, 0.15) is 11.6 Å². The molecule has 6 heteroatoms. The number of nitrogens with one attached hydrogen (secondary N) is 1. The molecule has 1 aromatic heterocycles. The van der Waals surface area contributed by atoms with Crippen LogP contribution in [0.15, 0.2) is 53.9 Å². The van der Waals surface area contributed by atoms with Gasteiger partial charge < -0.3 is 10.1 Å². The molecule has 0 atom stereocenters. The van der Waals surface area contributed by atoms with Crippen LogP contribution in [-0.2, 0) is 11.2 Å². The van der Waals surface area contributed by atoms with Gasteiger partial charge in [-0.1, -0.05) is 12.1 Å². The molecule has 0 fully saturated rings. The van der Waals surface area contributed by atoms with Crippen molar-refractivity contribution in [2.24, 2.45) is 0 Å². The van der Waals surface area contributed by atoms with E-state index in [1.165, 1.54) is 23.5 Å². The summed E-state index contributed by atoms with van der Waals surface area (Å²) in [5.74, 6) is 0.317. The Morgan fingerprint density at radius 2 is 1.88 bits per heavy atom. The third kappa shape index (κ3) is 4.64. The number of anilines is 1. The van der Waals surface area contributed by atoms with Crippen molar-refractivity contribution >= 4 is 22.4 Å². The maximum Gasteiger partial charge on any atom is 0.230 e. The van der Waals surface area contributed by atoms with E-state index in [1.807, 2.05) is 36.6 Å². The van der Waals surface area contributed by atoms with Crippen LogP contribution in [0, 0.1) is 5.82 Å². The minimum absolute atomic E-state index is 0.179. The number of ether oxygens (including phenoxy) is 1. The summed E-state index contributed by atoms with van der Waals surface area (Å²) < 4.78 is 18.3. The van der Waals surface area contributed by atoms with Crippen LogP contribution in [0.1, 0.15) is 12.5 Å². The molecule has 3 aromatic rings. The van der Waals surface area contributed by atoms with Gasteiger partial charge in [0, 0.05) is 10.9 Å². The smallest absolute Gasteiger partial charge is 0.230 e. The van der Waals surface area contributed by atoms with Gasteiger partial charge in [0.15, 0.2) is 5.13 Å². The Balaban J connectivity index is 1.62. The second-order valence-electron chi connectivity index (χ2n) is 5.35. The van der Waals surface area contributed by atoms with Crippen molar-refractivity contribution in [3.05, 3.63) is 65.3 Å². The Morgan fingerprint density at radius 1 is 1.16 bits per heavy atom. The van der Waals surface area contributed by atoms with Crippen molar-refractivity contribution in [2.45, 2.75) is 13.3 Å². The fourth-order valence-corrected chi connectivity index (χ4v) is 3.04. The van der Waals surface area contributed by atoms with Gasteiger partial charge in [-0.3, -0.25) is 4.79 Å². The van der Waals surface area contributed by atoms with Crippen LogP contribution in [0.25, 0.3) is 11.3 Å². The molecule has 0 spiro atoms. The largest absolute Gasteiger partial charge is 0.494 e. The van der Waals surface area contributed by atoms with Crippen LogP contribution in [0.2, 0.25) is 0 Å². The Bertz CT molecular complexity index is 845. The van der Waals surface area contributed by atoms with E-state index >= 15 is 0 Å². The van der Waals surface area contributed by atoms with Crippen LogP contribution in [-0.4, -0.2) is 17.5 Å². The van der Waals surface area contributed by atoms with Crippen LogP contribution in [0.4, 0.5) is 9.52 Å². The highest BCUT2D eigenvalue weighted by atomic mass is 32.1. The molecule has 0 aliphatic carbocycles. The molecular formula is C19H17FN2O2S. The lowest BCUT2D eigenvalue weighted by Crippen LogP contribution is -2.14. The van der Waals surface area contributed by atoms with Crippen LogP contribution in [0.5, 0.6) is 5.75 Å². The lowest BCUT2D eigenvalue weighted by atomic mass is 10.1. The number of carbonyl (C=O) groups excluding carboxylic acids is 1. The predicted molar refractivity (Wildman–Crippen MR) is 97.5 cm³/mol. The summed E-state index contributed by atoms with van der Waals surface area (Å²) in [6, 6.07) is 13.5. The number of benzene rings is 2. The van der Waals surface area contributed by atoms with Gasteiger partial charge in [-0.15, -0.1) is 11.3 Å². The maximum atomic E-state index is 12.9. The molecule has 0 radical (unpaired) electrons. The molecule has 0 aliphatic heterocycles.